The number of aromatic nitrogens is 3. The zero-order chi connectivity index (χ0) is 21.5. The van der Waals surface area contributed by atoms with Gasteiger partial charge in [-0.1, -0.05) is 61.9 Å². The molecule has 2 heterocycles. The Kier molecular flexibility index (Phi) is 8.33. The van der Waals surface area contributed by atoms with Crippen molar-refractivity contribution in [1.82, 2.24) is 24.6 Å². The summed E-state index contributed by atoms with van der Waals surface area (Å²) in [5, 5.41) is 9.75. The molecule has 0 bridgehead atoms. The number of nitrogens with zero attached hydrogens (tertiary/aromatic N) is 5. The van der Waals surface area contributed by atoms with Crippen molar-refractivity contribution in [2.45, 2.75) is 68.9 Å². The molecule has 2 aromatic rings. The van der Waals surface area contributed by atoms with Crippen LogP contribution in [0.3, 0.4) is 0 Å². The van der Waals surface area contributed by atoms with E-state index in [9.17, 15) is 4.79 Å². The maximum atomic E-state index is 13.1. The molecular weight excluding hydrogens is 394 g/mol. The van der Waals surface area contributed by atoms with Gasteiger partial charge in [0.15, 0.2) is 11.0 Å². The minimum absolute atomic E-state index is 0.172. The van der Waals surface area contributed by atoms with Crippen LogP contribution in [0.1, 0.15) is 63.4 Å². The van der Waals surface area contributed by atoms with Gasteiger partial charge in [-0.25, -0.2) is 0 Å². The Balaban J connectivity index is 1.84. The van der Waals surface area contributed by atoms with E-state index in [1.54, 1.807) is 0 Å². The quantitative estimate of drug-likeness (QED) is 0.588. The molecule has 3 rings (SSSR count). The fourth-order valence-corrected chi connectivity index (χ4v) is 5.02. The summed E-state index contributed by atoms with van der Waals surface area (Å²) >= 11 is 1.54. The summed E-state index contributed by atoms with van der Waals surface area (Å²) in [6.45, 7) is 6.64. The number of likely N-dealkylation sites (tertiary alicyclic amines) is 1. The van der Waals surface area contributed by atoms with Gasteiger partial charge in [-0.2, -0.15) is 0 Å². The third-order valence-corrected chi connectivity index (χ3v) is 6.85. The highest BCUT2D eigenvalue weighted by Crippen LogP contribution is 2.29. The molecule has 1 amide bonds. The summed E-state index contributed by atoms with van der Waals surface area (Å²) in [6, 6.07) is 10.6. The van der Waals surface area contributed by atoms with E-state index in [2.05, 4.69) is 64.9 Å². The molecule has 1 aliphatic heterocycles. The summed E-state index contributed by atoms with van der Waals surface area (Å²) in [7, 11) is 4.15. The molecular formula is C23H35N5OS. The summed E-state index contributed by atoms with van der Waals surface area (Å²) in [5.41, 5.74) is 1.21. The SMILES string of the molecule is CC[C@H](c1nnc(S[C@@H](C)C(=O)N2CCCCCC2)n1Cc1ccccc1)N(C)C. The first-order chi connectivity index (χ1) is 14.5. The summed E-state index contributed by atoms with van der Waals surface area (Å²) in [6.07, 6.45) is 5.62. The standard InChI is InChI=1S/C23H35N5OS/c1-5-20(26(3)4)21-24-25-23(28(21)17-19-13-9-8-10-14-19)30-18(2)22(29)27-15-11-6-7-12-16-27/h8-10,13-14,18,20H,5-7,11-12,15-17H2,1-4H3/t18-,20+/m0/s1. The molecule has 1 aromatic carbocycles. The fourth-order valence-electron chi connectivity index (χ4n) is 4.08. The molecule has 0 saturated carbocycles. The molecule has 2 atom stereocenters. The van der Waals surface area contributed by atoms with E-state index < -0.39 is 0 Å². The van der Waals surface area contributed by atoms with Crippen molar-refractivity contribution in [2.24, 2.45) is 0 Å². The van der Waals surface area contributed by atoms with Gasteiger partial charge >= 0.3 is 0 Å². The van der Waals surface area contributed by atoms with E-state index >= 15 is 0 Å². The number of carbonyl (C=O) groups is 1. The number of hydrogen-bond donors (Lipinski definition) is 0. The van der Waals surface area contributed by atoms with Crippen LogP contribution in [0, 0.1) is 0 Å². The molecule has 1 aromatic heterocycles. The molecule has 7 heteroatoms. The van der Waals surface area contributed by atoms with Crippen molar-refractivity contribution in [3.8, 4) is 0 Å². The summed E-state index contributed by atoms with van der Waals surface area (Å²) in [4.78, 5) is 17.3. The Bertz CT molecular complexity index is 799. The topological polar surface area (TPSA) is 54.3 Å². The van der Waals surface area contributed by atoms with Gasteiger partial charge in [0.2, 0.25) is 5.91 Å². The number of benzene rings is 1. The molecule has 1 fully saturated rings. The Morgan fingerprint density at radius 2 is 1.77 bits per heavy atom. The van der Waals surface area contributed by atoms with E-state index in [-0.39, 0.29) is 17.2 Å². The van der Waals surface area contributed by atoms with Crippen molar-refractivity contribution in [2.75, 3.05) is 27.2 Å². The molecule has 1 aliphatic rings. The number of amides is 1. The predicted molar refractivity (Wildman–Crippen MR) is 123 cm³/mol. The largest absolute Gasteiger partial charge is 0.342 e. The van der Waals surface area contributed by atoms with Crippen LogP contribution in [0.25, 0.3) is 0 Å². The Morgan fingerprint density at radius 1 is 1.10 bits per heavy atom. The summed E-state index contributed by atoms with van der Waals surface area (Å²) < 4.78 is 2.19. The van der Waals surface area contributed by atoms with Crippen molar-refractivity contribution < 1.29 is 4.79 Å². The van der Waals surface area contributed by atoms with Gasteiger partial charge in [0, 0.05) is 13.1 Å². The zero-order valence-electron chi connectivity index (χ0n) is 18.8. The summed E-state index contributed by atoms with van der Waals surface area (Å²) in [5.74, 6) is 1.18. The second kappa shape index (κ2) is 11.0. The van der Waals surface area contributed by atoms with Crippen molar-refractivity contribution in [1.29, 1.82) is 0 Å². The van der Waals surface area contributed by atoms with Gasteiger partial charge in [0.25, 0.3) is 0 Å². The third kappa shape index (κ3) is 5.64. The number of carbonyl (C=O) groups excluding carboxylic acids is 1. The Morgan fingerprint density at radius 3 is 2.37 bits per heavy atom. The number of hydrogen-bond acceptors (Lipinski definition) is 5. The van der Waals surface area contributed by atoms with E-state index in [1.807, 2.05) is 17.9 Å². The lowest BCUT2D eigenvalue weighted by molar-refractivity contribution is -0.130. The molecule has 164 valence electrons. The van der Waals surface area contributed by atoms with E-state index in [0.717, 1.165) is 43.3 Å². The first kappa shape index (κ1) is 22.8. The lowest BCUT2D eigenvalue weighted by Crippen LogP contribution is -2.37. The predicted octanol–water partition coefficient (Wildman–Crippen LogP) is 4.22. The lowest BCUT2D eigenvalue weighted by atomic mass is 10.2. The zero-order valence-corrected chi connectivity index (χ0v) is 19.6. The molecule has 0 unspecified atom stereocenters. The van der Waals surface area contributed by atoms with Crippen molar-refractivity contribution in [3.63, 3.8) is 0 Å². The minimum Gasteiger partial charge on any atom is -0.342 e. The monoisotopic (exact) mass is 429 g/mol. The number of rotatable bonds is 8. The maximum Gasteiger partial charge on any atom is 0.235 e. The van der Waals surface area contributed by atoms with Gasteiger partial charge in [-0.3, -0.25) is 9.69 Å². The number of thioether (sulfide) groups is 1. The van der Waals surface area contributed by atoms with Gasteiger partial charge < -0.3 is 9.47 Å². The normalized spacial score (nSPS) is 17.0. The van der Waals surface area contributed by atoms with Crippen LogP contribution in [0.4, 0.5) is 0 Å². The van der Waals surface area contributed by atoms with Gasteiger partial charge in [0.05, 0.1) is 17.8 Å². The van der Waals surface area contributed by atoms with Crippen LogP contribution in [0.2, 0.25) is 0 Å². The molecule has 0 N–H and O–H groups in total. The molecule has 30 heavy (non-hydrogen) atoms. The molecule has 6 nitrogen and oxygen atoms in total. The van der Waals surface area contributed by atoms with Crippen LogP contribution in [-0.4, -0.2) is 62.9 Å². The van der Waals surface area contributed by atoms with Gasteiger partial charge in [-0.05, 0) is 45.8 Å². The van der Waals surface area contributed by atoms with Crippen LogP contribution in [0.5, 0.6) is 0 Å². The maximum absolute atomic E-state index is 13.1. The van der Waals surface area contributed by atoms with Crippen LogP contribution >= 0.6 is 11.8 Å². The highest BCUT2D eigenvalue weighted by atomic mass is 32.2. The Labute approximate surface area is 185 Å². The molecule has 0 spiro atoms. The van der Waals surface area contributed by atoms with Crippen molar-refractivity contribution >= 4 is 17.7 Å². The lowest BCUT2D eigenvalue weighted by Gasteiger charge is -2.25. The average Bonchev–Trinajstić information content (AvgIpc) is 2.95. The average molecular weight is 430 g/mol. The fraction of sp³-hybridized carbons (Fsp3) is 0.609. The second-order valence-electron chi connectivity index (χ2n) is 8.30. The third-order valence-electron chi connectivity index (χ3n) is 5.78. The first-order valence-corrected chi connectivity index (χ1v) is 12.0. The second-order valence-corrected chi connectivity index (χ2v) is 9.61. The molecule has 0 aliphatic carbocycles. The van der Waals surface area contributed by atoms with Crippen LogP contribution < -0.4 is 0 Å². The minimum atomic E-state index is -0.172. The van der Waals surface area contributed by atoms with E-state index in [0.29, 0.717) is 6.54 Å². The highest BCUT2D eigenvalue weighted by Gasteiger charge is 2.27. The van der Waals surface area contributed by atoms with Crippen LogP contribution in [-0.2, 0) is 11.3 Å². The van der Waals surface area contributed by atoms with Gasteiger partial charge in [-0.15, -0.1) is 10.2 Å². The first-order valence-electron chi connectivity index (χ1n) is 11.1. The van der Waals surface area contributed by atoms with Crippen molar-refractivity contribution in [3.05, 3.63) is 41.7 Å². The molecule has 1 saturated heterocycles. The highest BCUT2D eigenvalue weighted by molar-refractivity contribution is 8.00. The van der Waals surface area contributed by atoms with E-state index in [1.165, 1.54) is 30.2 Å². The van der Waals surface area contributed by atoms with Crippen LogP contribution in [0.15, 0.2) is 35.5 Å². The van der Waals surface area contributed by atoms with Gasteiger partial charge in [0.1, 0.15) is 0 Å². The molecule has 0 radical (unpaired) electrons. The Hall–Kier alpha value is -1.86. The smallest absolute Gasteiger partial charge is 0.235 e. The van der Waals surface area contributed by atoms with E-state index in [4.69, 9.17) is 0 Å².